The molecule has 0 saturated carbocycles. The number of halogens is 3. The van der Waals surface area contributed by atoms with Gasteiger partial charge < -0.3 is 90.2 Å². The molecule has 9 aromatic heterocycles. The van der Waals surface area contributed by atoms with Gasteiger partial charge in [-0.2, -0.15) is 15.0 Å². The average molecular weight is 1430 g/mol. The third-order valence-corrected chi connectivity index (χ3v) is 17.8. The van der Waals surface area contributed by atoms with Crippen LogP contribution in [0.4, 0.5) is 35.7 Å². The molecule has 33 nitrogen and oxygen atoms in total. The molecule has 36 heteroatoms. The zero-order valence-electron chi connectivity index (χ0n) is 53.4. The van der Waals surface area contributed by atoms with Crippen molar-refractivity contribution in [3.63, 3.8) is 0 Å². The Balaban J connectivity index is 0.000000151. The van der Waals surface area contributed by atoms with Crippen molar-refractivity contribution in [1.29, 1.82) is 0 Å². The van der Waals surface area contributed by atoms with Gasteiger partial charge in [0.1, 0.15) is 33.6 Å². The van der Waals surface area contributed by atoms with Gasteiger partial charge in [0.15, 0.2) is 16.9 Å². The number of nitrogens with one attached hydrogen (secondary N) is 1. The first-order valence-corrected chi connectivity index (χ1v) is 33.3. The summed E-state index contributed by atoms with van der Waals surface area (Å²) in [6, 6.07) is 1.00. The Morgan fingerprint density at radius 2 is 0.688 bits per heavy atom. The van der Waals surface area contributed by atoms with Gasteiger partial charge >= 0.3 is 0 Å². The van der Waals surface area contributed by atoms with E-state index < -0.39 is 0 Å². The fourth-order valence-corrected chi connectivity index (χ4v) is 12.4. The van der Waals surface area contributed by atoms with Crippen LogP contribution in [0.25, 0.3) is 67.3 Å². The third-order valence-electron chi connectivity index (χ3n) is 17.5. The third kappa shape index (κ3) is 17.0. The number of aliphatic hydroxyl groups excluding tert-OH is 3. The highest BCUT2D eigenvalue weighted by molar-refractivity contribution is 9.09. The van der Waals surface area contributed by atoms with Gasteiger partial charge in [-0.15, -0.1) is 24.8 Å². The number of nitrogens with zero attached hydrogens (tertiary/aromatic N) is 23. The highest BCUT2D eigenvalue weighted by Crippen LogP contribution is 2.35. The number of aromatic nitrogens is 18. The summed E-state index contributed by atoms with van der Waals surface area (Å²) in [5.74, 6) is 2.72. The Hall–Kier alpha value is -7.61. The molecule has 96 heavy (non-hydrogen) atoms. The summed E-state index contributed by atoms with van der Waals surface area (Å²) >= 11 is 3.00. The van der Waals surface area contributed by atoms with E-state index in [0.29, 0.717) is 92.3 Å². The Labute approximate surface area is 575 Å². The van der Waals surface area contributed by atoms with E-state index in [1.165, 1.54) is 0 Å². The van der Waals surface area contributed by atoms with Crippen LogP contribution in [0.5, 0.6) is 0 Å². The number of piperidine rings is 3. The Morgan fingerprint density at radius 1 is 0.406 bits per heavy atom. The summed E-state index contributed by atoms with van der Waals surface area (Å²) in [5, 5.41) is 30.4. The topological polar surface area (TPSA) is 403 Å². The molecule has 6 aliphatic heterocycles. The SMILES string of the molecule is Cl.Cl.Nc1ncc(-c2nc(N3CCOCC3)nc3c2ncn3C2CCN(CCO)CC2)cn1.Nc1ncc(-c2nc(N3CCOCC3)nc3c2ncn3C2CCN(CCO)CC2)cn1.Nc1ncc(-c2nc(N3CCOCC3)nc3c2ncn3C2CCNCC2)cn1.OCCBr. The minimum Gasteiger partial charge on any atom is -0.396 e. The Bertz CT molecular complexity index is 3690. The predicted molar refractivity (Wildman–Crippen MR) is 371 cm³/mol. The van der Waals surface area contributed by atoms with Crippen LogP contribution in [0.1, 0.15) is 56.7 Å². The largest absolute Gasteiger partial charge is 0.396 e. The summed E-state index contributed by atoms with van der Waals surface area (Å²) in [7, 11) is 0. The molecule has 0 amide bonds. The van der Waals surface area contributed by atoms with E-state index in [9.17, 15) is 10.2 Å². The van der Waals surface area contributed by atoms with Crippen LogP contribution in [0.2, 0.25) is 0 Å². The van der Waals surface area contributed by atoms with Crippen LogP contribution in [-0.4, -0.2) is 270 Å². The van der Waals surface area contributed by atoms with Crippen molar-refractivity contribution in [3.8, 4) is 33.8 Å². The average Bonchev–Trinajstić information content (AvgIpc) is 1.57. The summed E-state index contributed by atoms with van der Waals surface area (Å²) in [5.41, 5.74) is 26.2. The highest BCUT2D eigenvalue weighted by Gasteiger charge is 2.30. The van der Waals surface area contributed by atoms with Crippen LogP contribution < -0.4 is 37.2 Å². The number of fused-ring (bicyclic) bond motifs is 3. The van der Waals surface area contributed by atoms with Crippen molar-refractivity contribution in [1.82, 2.24) is 104 Å². The van der Waals surface area contributed by atoms with Gasteiger partial charge in [-0.05, 0) is 51.6 Å². The van der Waals surface area contributed by atoms with Crippen LogP contribution in [0.3, 0.4) is 0 Å². The summed E-state index contributed by atoms with van der Waals surface area (Å²) in [4.78, 5) is 79.2. The van der Waals surface area contributed by atoms with Crippen LogP contribution in [-0.2, 0) is 14.2 Å². The number of rotatable bonds is 14. The van der Waals surface area contributed by atoms with E-state index in [2.05, 4.69) is 104 Å². The minimum atomic E-state index is 0. The number of likely N-dealkylation sites (tertiary alicyclic amines) is 2. The zero-order valence-corrected chi connectivity index (χ0v) is 56.6. The number of hydrogen-bond acceptors (Lipinski definition) is 30. The first-order chi connectivity index (χ1) is 46.2. The van der Waals surface area contributed by atoms with Crippen LogP contribution >= 0.6 is 40.7 Å². The molecule has 6 fully saturated rings. The molecule has 0 atom stereocenters. The number of aliphatic hydroxyl groups is 3. The quantitative estimate of drug-likeness (QED) is 0.0769. The molecule has 0 aliphatic carbocycles. The maximum atomic E-state index is 9.21. The smallest absolute Gasteiger partial charge is 0.228 e. The molecule has 6 aliphatic rings. The molecule has 15 heterocycles. The van der Waals surface area contributed by atoms with Crippen molar-refractivity contribution >= 4 is 110 Å². The van der Waals surface area contributed by atoms with Gasteiger partial charge in [-0.25, -0.2) is 59.8 Å². The first-order valence-electron chi connectivity index (χ1n) is 32.2. The number of anilines is 6. The van der Waals surface area contributed by atoms with Gasteiger partial charge in [0.2, 0.25) is 35.7 Å². The number of imidazole rings is 3. The van der Waals surface area contributed by atoms with E-state index in [1.807, 2.05) is 19.0 Å². The number of nitrogens with two attached hydrogens (primary N) is 3. The molecule has 0 radical (unpaired) electrons. The standard InChI is InChI=1S/2C20H27N9O2.C18H23N9O.C2H5BrO.2ClH/c2*21-19-22-11-14(12-23-19)16-17-18(26-20(25-16)28-6-9-31-10-7-28)29(13-24-17)15-1-3-27(4-2-15)5-8-30;19-17-21-9-12(10-22-17)14-15-16(25-18(24-14)26-5-7-28-8-6-26)27(11-23-15)13-1-3-20-4-2-13;3-1-2-4;;/h2*11-13,15,30H,1-10H2,(H2,21,22,23);9-11,13,20H,1-8H2,(H2,19,21,22);4H,1-2H2;2*1H. The highest BCUT2D eigenvalue weighted by atomic mass is 79.9. The number of β-amino-alcohol motifs (C(OH)–C–C–N with tert-alkyl or cyclic N) is 2. The monoisotopic (exact) mass is 1430 g/mol. The van der Waals surface area contributed by atoms with Gasteiger partial charge in [0, 0.05) is 156 Å². The maximum Gasteiger partial charge on any atom is 0.228 e. The molecule has 15 rings (SSSR count). The summed E-state index contributed by atoms with van der Waals surface area (Å²) in [6.07, 6.45) is 21.8. The van der Waals surface area contributed by atoms with Crippen LogP contribution in [0.15, 0.2) is 56.2 Å². The van der Waals surface area contributed by atoms with E-state index in [1.54, 1.807) is 37.2 Å². The van der Waals surface area contributed by atoms with Crippen LogP contribution in [0, 0.1) is 0 Å². The molecule has 0 aromatic carbocycles. The van der Waals surface area contributed by atoms with Gasteiger partial charge in [0.05, 0.1) is 78.4 Å². The number of hydrogen-bond donors (Lipinski definition) is 7. The molecule has 0 unspecified atom stereocenters. The molecule has 6 saturated heterocycles. The second kappa shape index (κ2) is 34.6. The van der Waals surface area contributed by atoms with Crippen molar-refractivity contribution < 1.29 is 29.5 Å². The number of morpholine rings is 3. The minimum absolute atomic E-state index is 0. The summed E-state index contributed by atoms with van der Waals surface area (Å²) in [6.45, 7) is 16.4. The molecule has 9 aromatic rings. The van der Waals surface area contributed by atoms with Crippen molar-refractivity contribution in [2.45, 2.75) is 56.7 Å². The lowest BCUT2D eigenvalue weighted by molar-refractivity contribution is 0.122. The van der Waals surface area contributed by atoms with Gasteiger partial charge in [0.25, 0.3) is 0 Å². The van der Waals surface area contributed by atoms with Crippen molar-refractivity contribution in [2.75, 3.05) is 188 Å². The fourth-order valence-electron chi connectivity index (χ4n) is 12.4. The van der Waals surface area contributed by atoms with E-state index >= 15 is 0 Å². The lowest BCUT2D eigenvalue weighted by atomic mass is 10.0. The van der Waals surface area contributed by atoms with E-state index in [0.717, 1.165) is 186 Å². The molecular formula is C60H84BrCl2N27O6. The zero-order chi connectivity index (χ0) is 64.8. The number of alkyl halides is 1. The predicted octanol–water partition coefficient (Wildman–Crippen LogP) is 2.51. The maximum absolute atomic E-state index is 9.21. The molecular weight excluding hydrogens is 1350 g/mol. The Morgan fingerprint density at radius 3 is 0.958 bits per heavy atom. The second-order valence-corrected chi connectivity index (χ2v) is 24.2. The van der Waals surface area contributed by atoms with E-state index in [4.69, 9.17) is 66.4 Å². The van der Waals surface area contributed by atoms with Gasteiger partial charge in [-0.3, -0.25) is 0 Å². The second-order valence-electron chi connectivity index (χ2n) is 23.4. The van der Waals surface area contributed by atoms with Crippen molar-refractivity contribution in [3.05, 3.63) is 56.2 Å². The first kappa shape index (κ1) is 71.2. The molecule has 0 spiro atoms. The lowest BCUT2D eigenvalue weighted by Gasteiger charge is -2.32. The summed E-state index contributed by atoms with van der Waals surface area (Å²) < 4.78 is 23.0. The fraction of sp³-hybridized carbons (Fsp3) is 0.550. The van der Waals surface area contributed by atoms with E-state index in [-0.39, 0.29) is 62.5 Å². The number of ether oxygens (including phenoxy) is 3. The molecule has 10 N–H and O–H groups in total. The van der Waals surface area contributed by atoms with Gasteiger partial charge in [-0.1, -0.05) is 15.9 Å². The van der Waals surface area contributed by atoms with Crippen molar-refractivity contribution in [2.24, 2.45) is 0 Å². The Kier molecular flexibility index (Phi) is 25.6. The lowest BCUT2D eigenvalue weighted by Crippen LogP contribution is -2.37. The normalized spacial score (nSPS) is 17.8. The molecule has 516 valence electrons. The molecule has 0 bridgehead atoms. The number of nitrogen functional groups attached to an aromatic ring is 3.